The highest BCUT2D eigenvalue weighted by Crippen LogP contribution is 2.22. The number of rotatable bonds is 8. The lowest BCUT2D eigenvalue weighted by Crippen LogP contribution is -2.53. The molecular formula is C24H34N6O2S. The molecule has 2 amide bonds. The SMILES string of the molecule is CCCCCC#N.CN=C(C(=O)NC(C(=O)Nc1nncs1)C(C)(C)C)c1ccccc1C. The van der Waals surface area contributed by atoms with Gasteiger partial charge in [-0.25, -0.2) is 0 Å². The third-order valence-corrected chi connectivity index (χ3v) is 5.33. The molecule has 8 nitrogen and oxygen atoms in total. The number of carbonyl (C=O) groups is 2. The second-order valence-electron chi connectivity index (χ2n) is 8.51. The van der Waals surface area contributed by atoms with Crippen molar-refractivity contribution in [3.8, 4) is 6.07 Å². The van der Waals surface area contributed by atoms with Gasteiger partial charge in [-0.2, -0.15) is 5.26 Å². The summed E-state index contributed by atoms with van der Waals surface area (Å²) in [6.45, 7) is 9.70. The Kier molecular flexibility index (Phi) is 11.9. The summed E-state index contributed by atoms with van der Waals surface area (Å²) in [6, 6.07) is 8.84. The Morgan fingerprint density at radius 2 is 1.94 bits per heavy atom. The van der Waals surface area contributed by atoms with Crippen LogP contribution in [0.5, 0.6) is 0 Å². The summed E-state index contributed by atoms with van der Waals surface area (Å²) in [5.74, 6) is -0.739. The highest BCUT2D eigenvalue weighted by atomic mass is 32.1. The van der Waals surface area contributed by atoms with E-state index in [1.54, 1.807) is 7.05 Å². The minimum Gasteiger partial charge on any atom is -0.338 e. The molecule has 1 heterocycles. The highest BCUT2D eigenvalue weighted by Gasteiger charge is 2.34. The van der Waals surface area contributed by atoms with Gasteiger partial charge in [0.1, 0.15) is 17.3 Å². The van der Waals surface area contributed by atoms with Crippen LogP contribution < -0.4 is 10.6 Å². The summed E-state index contributed by atoms with van der Waals surface area (Å²) >= 11 is 1.22. The standard InChI is InChI=1S/C18H23N5O2S.C6H11N/c1-11-8-6-7-9-12(11)13(19-5)15(24)21-14(18(2,3)4)16(25)22-17-23-20-10-26-17;1-2-3-4-5-6-7/h6-10,14H,1-5H3,(H,21,24)(H,22,23,25);2-5H2,1H3. The maximum absolute atomic E-state index is 12.8. The molecule has 1 aromatic heterocycles. The van der Waals surface area contributed by atoms with Crippen LogP contribution in [-0.4, -0.2) is 40.8 Å². The van der Waals surface area contributed by atoms with Crippen molar-refractivity contribution < 1.29 is 9.59 Å². The van der Waals surface area contributed by atoms with E-state index in [-0.39, 0.29) is 5.91 Å². The summed E-state index contributed by atoms with van der Waals surface area (Å²) < 4.78 is 0. The normalized spacial score (nSPS) is 12.1. The molecule has 0 aliphatic rings. The molecule has 1 unspecified atom stereocenters. The first-order valence-corrected chi connectivity index (χ1v) is 11.8. The number of anilines is 1. The van der Waals surface area contributed by atoms with Gasteiger partial charge in [0.15, 0.2) is 0 Å². The molecule has 1 aromatic carbocycles. The number of carbonyl (C=O) groups excluding carboxylic acids is 2. The number of amides is 2. The second-order valence-corrected chi connectivity index (χ2v) is 9.34. The van der Waals surface area contributed by atoms with Crippen LogP contribution in [0.15, 0.2) is 34.8 Å². The Labute approximate surface area is 200 Å². The number of unbranched alkanes of at least 4 members (excludes halogenated alkanes) is 3. The Balaban J connectivity index is 0.000000675. The summed E-state index contributed by atoms with van der Waals surface area (Å²) in [4.78, 5) is 29.7. The van der Waals surface area contributed by atoms with Crippen molar-refractivity contribution in [2.45, 2.75) is 66.3 Å². The fraction of sp³-hybridized carbons (Fsp3) is 0.500. The molecule has 2 N–H and O–H groups in total. The molecule has 0 saturated heterocycles. The summed E-state index contributed by atoms with van der Waals surface area (Å²) in [5.41, 5.74) is 3.00. The van der Waals surface area contributed by atoms with Crippen LogP contribution in [-0.2, 0) is 9.59 Å². The zero-order valence-corrected chi connectivity index (χ0v) is 21.1. The number of benzene rings is 1. The highest BCUT2D eigenvalue weighted by molar-refractivity contribution is 7.13. The summed E-state index contributed by atoms with van der Waals surface area (Å²) in [5, 5.41) is 21.5. The molecule has 2 aromatic rings. The maximum atomic E-state index is 12.8. The summed E-state index contributed by atoms with van der Waals surface area (Å²) in [6.07, 6.45) is 4.22. The number of nitrogens with zero attached hydrogens (tertiary/aromatic N) is 4. The lowest BCUT2D eigenvalue weighted by molar-refractivity contribution is -0.125. The first-order valence-electron chi connectivity index (χ1n) is 10.9. The van der Waals surface area contributed by atoms with Crippen LogP contribution in [0, 0.1) is 23.7 Å². The lowest BCUT2D eigenvalue weighted by atomic mass is 9.86. The molecule has 178 valence electrons. The Morgan fingerprint density at radius 3 is 2.45 bits per heavy atom. The minimum atomic E-state index is -0.764. The lowest BCUT2D eigenvalue weighted by Gasteiger charge is -2.30. The van der Waals surface area contributed by atoms with Gasteiger partial charge in [0.25, 0.3) is 5.91 Å². The van der Waals surface area contributed by atoms with Gasteiger partial charge >= 0.3 is 0 Å². The molecule has 0 fully saturated rings. The van der Waals surface area contributed by atoms with Crippen LogP contribution in [0.1, 0.15) is 64.5 Å². The van der Waals surface area contributed by atoms with Gasteiger partial charge < -0.3 is 5.32 Å². The van der Waals surface area contributed by atoms with Crippen LogP contribution in [0.25, 0.3) is 0 Å². The molecule has 0 aliphatic heterocycles. The van der Waals surface area contributed by atoms with Gasteiger partial charge in [-0.1, -0.05) is 76.1 Å². The van der Waals surface area contributed by atoms with Gasteiger partial charge in [-0.05, 0) is 24.3 Å². The topological polar surface area (TPSA) is 120 Å². The number of aryl methyl sites for hydroxylation is 1. The van der Waals surface area contributed by atoms with Gasteiger partial charge in [0, 0.05) is 19.0 Å². The quantitative estimate of drug-likeness (QED) is 0.434. The summed E-state index contributed by atoms with van der Waals surface area (Å²) in [7, 11) is 1.56. The second kappa shape index (κ2) is 14.1. The van der Waals surface area contributed by atoms with E-state index in [4.69, 9.17) is 5.26 Å². The van der Waals surface area contributed by atoms with E-state index in [2.05, 4.69) is 38.8 Å². The largest absolute Gasteiger partial charge is 0.338 e. The van der Waals surface area contributed by atoms with Crippen LogP contribution >= 0.6 is 11.3 Å². The minimum absolute atomic E-state index is 0.293. The molecule has 0 aliphatic carbocycles. The molecular weight excluding hydrogens is 436 g/mol. The van der Waals surface area contributed by atoms with E-state index in [9.17, 15) is 9.59 Å². The van der Waals surface area contributed by atoms with Gasteiger partial charge in [-0.3, -0.25) is 19.9 Å². The van der Waals surface area contributed by atoms with Crippen molar-refractivity contribution in [3.05, 3.63) is 40.9 Å². The van der Waals surface area contributed by atoms with Crippen molar-refractivity contribution in [2.75, 3.05) is 12.4 Å². The maximum Gasteiger partial charge on any atom is 0.270 e. The van der Waals surface area contributed by atoms with E-state index in [0.717, 1.165) is 24.0 Å². The number of nitriles is 1. The van der Waals surface area contributed by atoms with Crippen LogP contribution in [0.3, 0.4) is 0 Å². The van der Waals surface area contributed by atoms with E-state index < -0.39 is 17.4 Å². The van der Waals surface area contributed by atoms with Crippen LogP contribution in [0.4, 0.5) is 5.13 Å². The molecule has 0 saturated carbocycles. The van der Waals surface area contributed by atoms with Gasteiger partial charge in [0.2, 0.25) is 11.0 Å². The first-order chi connectivity index (χ1) is 15.6. The molecule has 2 rings (SSSR count). The fourth-order valence-electron chi connectivity index (χ4n) is 2.92. The Bertz CT molecular complexity index is 958. The van der Waals surface area contributed by atoms with E-state index in [1.165, 1.54) is 29.7 Å². The average Bonchev–Trinajstić information content (AvgIpc) is 3.27. The third-order valence-electron chi connectivity index (χ3n) is 4.72. The predicted octanol–water partition coefficient (Wildman–Crippen LogP) is 4.53. The smallest absolute Gasteiger partial charge is 0.270 e. The number of hydrogen-bond donors (Lipinski definition) is 2. The van der Waals surface area contributed by atoms with E-state index >= 15 is 0 Å². The van der Waals surface area contributed by atoms with E-state index in [0.29, 0.717) is 10.8 Å². The van der Waals surface area contributed by atoms with Gasteiger partial charge in [0.05, 0.1) is 6.07 Å². The Morgan fingerprint density at radius 1 is 1.24 bits per heavy atom. The average molecular weight is 471 g/mol. The predicted molar refractivity (Wildman–Crippen MR) is 133 cm³/mol. The Hall–Kier alpha value is -3.12. The van der Waals surface area contributed by atoms with E-state index in [1.807, 2.05) is 52.0 Å². The number of aliphatic imine (C=N–C) groups is 1. The van der Waals surface area contributed by atoms with Crippen molar-refractivity contribution in [2.24, 2.45) is 10.4 Å². The molecule has 0 radical (unpaired) electrons. The van der Waals surface area contributed by atoms with Crippen molar-refractivity contribution in [1.82, 2.24) is 15.5 Å². The molecule has 9 heteroatoms. The first kappa shape index (κ1) is 27.9. The number of hydrogen-bond acceptors (Lipinski definition) is 7. The van der Waals surface area contributed by atoms with Crippen molar-refractivity contribution in [1.29, 1.82) is 5.26 Å². The molecule has 0 bridgehead atoms. The van der Waals surface area contributed by atoms with Gasteiger partial charge in [-0.15, -0.1) is 10.2 Å². The van der Waals surface area contributed by atoms with Crippen molar-refractivity contribution >= 4 is 34.0 Å². The fourth-order valence-corrected chi connectivity index (χ4v) is 3.36. The zero-order valence-electron chi connectivity index (χ0n) is 20.3. The third kappa shape index (κ3) is 9.49. The number of aromatic nitrogens is 2. The van der Waals surface area contributed by atoms with Crippen LogP contribution in [0.2, 0.25) is 0 Å². The molecule has 1 atom stereocenters. The molecule has 33 heavy (non-hydrogen) atoms. The van der Waals surface area contributed by atoms with Crippen molar-refractivity contribution in [3.63, 3.8) is 0 Å². The monoisotopic (exact) mass is 470 g/mol. The molecule has 0 spiro atoms. The number of nitrogens with one attached hydrogen (secondary N) is 2. The zero-order chi connectivity index (χ0) is 24.9.